The predicted octanol–water partition coefficient (Wildman–Crippen LogP) is 0.283. The number of amides is 1. The summed E-state index contributed by atoms with van der Waals surface area (Å²) in [7, 11) is 0. The summed E-state index contributed by atoms with van der Waals surface area (Å²) in [5.74, 6) is 0.346. The van der Waals surface area contributed by atoms with Crippen molar-refractivity contribution in [3.63, 3.8) is 0 Å². The fraction of sp³-hybridized carbons (Fsp3) is 0.778. The Kier molecular flexibility index (Phi) is 2.07. The van der Waals surface area contributed by atoms with Gasteiger partial charge in [0.15, 0.2) is 0 Å². The molecule has 2 N–H and O–H groups in total. The lowest BCUT2D eigenvalue weighted by Crippen LogP contribution is -2.60. The number of hydrogen-bond acceptors (Lipinski definition) is 3. The van der Waals surface area contributed by atoms with Crippen LogP contribution in [0.5, 0.6) is 0 Å². The number of rotatable bonds is 0. The number of carbonyl (C=O) groups excluding carboxylic acids is 2. The maximum absolute atomic E-state index is 11.3. The Morgan fingerprint density at radius 1 is 1.15 bits per heavy atom. The van der Waals surface area contributed by atoms with Gasteiger partial charge in [-0.15, -0.1) is 0 Å². The third-order valence-corrected chi connectivity index (χ3v) is 2.94. The van der Waals surface area contributed by atoms with Crippen LogP contribution in [-0.4, -0.2) is 17.2 Å². The van der Waals surface area contributed by atoms with Gasteiger partial charge in [-0.25, -0.2) is 5.43 Å². The number of nitrogens with one attached hydrogen (secondary N) is 2. The molecule has 0 radical (unpaired) electrons. The highest BCUT2D eigenvalue weighted by Gasteiger charge is 2.38. The van der Waals surface area contributed by atoms with Crippen LogP contribution in [0.2, 0.25) is 0 Å². The molecule has 1 spiro atoms. The van der Waals surface area contributed by atoms with Gasteiger partial charge in [-0.3, -0.25) is 15.0 Å². The summed E-state index contributed by atoms with van der Waals surface area (Å²) >= 11 is 0. The van der Waals surface area contributed by atoms with Gasteiger partial charge in [-0.2, -0.15) is 0 Å². The summed E-state index contributed by atoms with van der Waals surface area (Å²) in [6.45, 7) is 0. The second-order valence-corrected chi connectivity index (χ2v) is 4.02. The van der Waals surface area contributed by atoms with Crippen LogP contribution in [0.15, 0.2) is 0 Å². The lowest BCUT2D eigenvalue weighted by atomic mass is 9.77. The highest BCUT2D eigenvalue weighted by atomic mass is 16.2. The van der Waals surface area contributed by atoms with E-state index in [1.54, 1.807) is 0 Å². The van der Waals surface area contributed by atoms with Crippen LogP contribution in [0.25, 0.3) is 0 Å². The summed E-state index contributed by atoms with van der Waals surface area (Å²) < 4.78 is 0. The third kappa shape index (κ3) is 1.72. The van der Waals surface area contributed by atoms with Crippen LogP contribution in [-0.2, 0) is 9.59 Å². The summed E-state index contributed by atoms with van der Waals surface area (Å²) in [4.78, 5) is 22.2. The molecule has 4 heteroatoms. The first-order valence-corrected chi connectivity index (χ1v) is 4.78. The lowest BCUT2D eigenvalue weighted by Gasteiger charge is -2.40. The Hall–Kier alpha value is -0.900. The Morgan fingerprint density at radius 2 is 2.00 bits per heavy atom. The molecule has 1 saturated heterocycles. The predicted molar refractivity (Wildman–Crippen MR) is 46.7 cm³/mol. The molecule has 1 aliphatic heterocycles. The van der Waals surface area contributed by atoms with E-state index < -0.39 is 0 Å². The lowest BCUT2D eigenvalue weighted by molar-refractivity contribution is -0.130. The first kappa shape index (κ1) is 8.69. The molecule has 1 heterocycles. The highest BCUT2D eigenvalue weighted by molar-refractivity contribution is 5.82. The van der Waals surface area contributed by atoms with Crippen molar-refractivity contribution in [3.05, 3.63) is 0 Å². The Morgan fingerprint density at radius 3 is 2.62 bits per heavy atom. The number of Topliss-reactive ketones (excluding diaryl/α,β-unsaturated/α-hetero) is 1. The van der Waals surface area contributed by atoms with E-state index in [0.29, 0.717) is 25.0 Å². The Labute approximate surface area is 77.0 Å². The van der Waals surface area contributed by atoms with E-state index in [1.165, 1.54) is 0 Å². The maximum Gasteiger partial charge on any atom is 0.234 e. The molecule has 4 nitrogen and oxygen atoms in total. The van der Waals surface area contributed by atoms with Crippen molar-refractivity contribution in [3.8, 4) is 0 Å². The first-order valence-electron chi connectivity index (χ1n) is 4.78. The Bertz CT molecular complexity index is 240. The molecule has 1 aliphatic carbocycles. The van der Waals surface area contributed by atoms with Crippen LogP contribution in [0.4, 0.5) is 0 Å². The van der Waals surface area contributed by atoms with Gasteiger partial charge in [0.25, 0.3) is 0 Å². The largest absolute Gasteiger partial charge is 0.300 e. The molecular formula is C9H14N2O2. The van der Waals surface area contributed by atoms with Gasteiger partial charge < -0.3 is 0 Å². The fourth-order valence-electron chi connectivity index (χ4n) is 2.18. The van der Waals surface area contributed by atoms with Crippen LogP contribution in [0.3, 0.4) is 0 Å². The average molecular weight is 182 g/mol. The molecule has 1 saturated carbocycles. The molecule has 0 aromatic carbocycles. The zero-order chi connectivity index (χ0) is 9.31. The maximum atomic E-state index is 11.3. The molecule has 2 fully saturated rings. The molecule has 0 bridgehead atoms. The van der Waals surface area contributed by atoms with Crippen LogP contribution in [0.1, 0.15) is 38.5 Å². The summed E-state index contributed by atoms with van der Waals surface area (Å²) in [5, 5.41) is 0. The molecule has 13 heavy (non-hydrogen) atoms. The van der Waals surface area contributed by atoms with Gasteiger partial charge in [-0.1, -0.05) is 0 Å². The number of hydrazine groups is 1. The minimum Gasteiger partial charge on any atom is -0.300 e. The van der Waals surface area contributed by atoms with Crippen molar-refractivity contribution in [2.24, 2.45) is 0 Å². The van der Waals surface area contributed by atoms with E-state index in [4.69, 9.17) is 0 Å². The van der Waals surface area contributed by atoms with Crippen LogP contribution < -0.4 is 10.9 Å². The normalized spacial score (nSPS) is 34.8. The van der Waals surface area contributed by atoms with Crippen LogP contribution in [0, 0.1) is 0 Å². The quantitative estimate of drug-likeness (QED) is 0.566. The number of ketones is 1. The number of carbonyl (C=O) groups is 2. The van der Waals surface area contributed by atoms with Gasteiger partial charge >= 0.3 is 0 Å². The first-order chi connectivity index (χ1) is 6.20. The van der Waals surface area contributed by atoms with Crippen molar-refractivity contribution in [2.75, 3.05) is 0 Å². The molecule has 0 aromatic rings. The van der Waals surface area contributed by atoms with Crippen molar-refractivity contribution >= 4 is 11.7 Å². The molecule has 2 aliphatic rings. The standard InChI is InChI=1S/C9H14N2O2/c12-7-2-1-4-9(6-7)5-3-8(13)10-11-9/h11H,1-6H2,(H,10,13). The van der Waals surface area contributed by atoms with Gasteiger partial charge in [0.1, 0.15) is 5.78 Å². The van der Waals surface area contributed by atoms with E-state index in [-0.39, 0.29) is 11.4 Å². The molecule has 1 unspecified atom stereocenters. The van der Waals surface area contributed by atoms with Gasteiger partial charge in [0, 0.05) is 24.8 Å². The van der Waals surface area contributed by atoms with Gasteiger partial charge in [0.2, 0.25) is 5.91 Å². The molecular weight excluding hydrogens is 168 g/mol. The van der Waals surface area contributed by atoms with Crippen molar-refractivity contribution in [1.82, 2.24) is 10.9 Å². The summed E-state index contributed by atoms with van der Waals surface area (Å²) in [6, 6.07) is 0. The minimum absolute atomic E-state index is 0.0312. The summed E-state index contributed by atoms with van der Waals surface area (Å²) in [5.41, 5.74) is 5.49. The highest BCUT2D eigenvalue weighted by Crippen LogP contribution is 2.31. The topological polar surface area (TPSA) is 58.2 Å². The van der Waals surface area contributed by atoms with E-state index in [1.807, 2.05) is 0 Å². The molecule has 1 amide bonds. The van der Waals surface area contributed by atoms with Gasteiger partial charge in [-0.05, 0) is 19.3 Å². The summed E-state index contributed by atoms with van der Waals surface area (Å²) in [6.07, 6.45) is 4.57. The molecule has 0 aromatic heterocycles. The van der Waals surface area contributed by atoms with Crippen LogP contribution >= 0.6 is 0 Å². The van der Waals surface area contributed by atoms with Crippen molar-refractivity contribution in [1.29, 1.82) is 0 Å². The monoisotopic (exact) mass is 182 g/mol. The van der Waals surface area contributed by atoms with Crippen molar-refractivity contribution in [2.45, 2.75) is 44.1 Å². The fourth-order valence-corrected chi connectivity index (χ4v) is 2.18. The molecule has 2 rings (SSSR count). The van der Waals surface area contributed by atoms with E-state index >= 15 is 0 Å². The molecule has 1 atom stereocenters. The smallest absolute Gasteiger partial charge is 0.234 e. The zero-order valence-electron chi connectivity index (χ0n) is 7.56. The third-order valence-electron chi connectivity index (χ3n) is 2.94. The SMILES string of the molecule is O=C1CCCC2(CCC(=O)NN2)C1. The minimum atomic E-state index is -0.122. The van der Waals surface area contributed by atoms with Crippen molar-refractivity contribution < 1.29 is 9.59 Å². The van der Waals surface area contributed by atoms with E-state index in [2.05, 4.69) is 10.9 Å². The Balaban J connectivity index is 2.03. The number of hydrogen-bond donors (Lipinski definition) is 2. The molecule has 72 valence electrons. The second-order valence-electron chi connectivity index (χ2n) is 4.02. The van der Waals surface area contributed by atoms with E-state index in [9.17, 15) is 9.59 Å². The average Bonchev–Trinajstić information content (AvgIpc) is 2.11. The zero-order valence-corrected chi connectivity index (χ0v) is 7.56. The van der Waals surface area contributed by atoms with Gasteiger partial charge in [0.05, 0.1) is 0 Å². The van der Waals surface area contributed by atoms with E-state index in [0.717, 1.165) is 19.3 Å². The second kappa shape index (κ2) is 3.10.